The molecule has 5 nitrogen and oxygen atoms in total. The van der Waals surface area contributed by atoms with E-state index in [4.69, 9.17) is 0 Å². The molecule has 1 heterocycles. The molecule has 1 aromatic heterocycles. The van der Waals surface area contributed by atoms with Crippen molar-refractivity contribution in [2.24, 2.45) is 12.0 Å². The Balaban J connectivity index is 2.45. The highest BCUT2D eigenvalue weighted by Crippen LogP contribution is 2.03. The number of aliphatic imine (C=N–C) groups is 1. The van der Waals surface area contributed by atoms with Crippen LogP contribution in [0.15, 0.2) is 17.4 Å². The lowest BCUT2D eigenvalue weighted by molar-refractivity contribution is 0.547. The summed E-state index contributed by atoms with van der Waals surface area (Å²) in [6.45, 7) is 8.07. The quantitative estimate of drug-likeness (QED) is 0.436. The zero-order valence-electron chi connectivity index (χ0n) is 13.3. The number of nitrogens with zero attached hydrogens (tertiary/aromatic N) is 3. The van der Waals surface area contributed by atoms with Gasteiger partial charge in [0.25, 0.3) is 0 Å². The Bertz CT molecular complexity index is 397. The van der Waals surface area contributed by atoms with Gasteiger partial charge in [-0.25, -0.2) is 4.99 Å². The second-order valence-corrected chi connectivity index (χ2v) is 5.26. The van der Waals surface area contributed by atoms with Crippen LogP contribution >= 0.6 is 0 Å². The van der Waals surface area contributed by atoms with Gasteiger partial charge in [0.2, 0.25) is 0 Å². The van der Waals surface area contributed by atoms with Gasteiger partial charge in [-0.3, -0.25) is 4.68 Å². The molecule has 0 saturated carbocycles. The lowest BCUT2D eigenvalue weighted by atomic mass is 10.1. The maximum atomic E-state index is 4.61. The number of hydrogen-bond donors (Lipinski definition) is 2. The summed E-state index contributed by atoms with van der Waals surface area (Å²) in [7, 11) is 1.92. The Labute approximate surface area is 122 Å². The van der Waals surface area contributed by atoms with Gasteiger partial charge in [0, 0.05) is 31.4 Å². The van der Waals surface area contributed by atoms with Crippen LogP contribution in [0.4, 0.5) is 0 Å². The fraction of sp³-hybridized carbons (Fsp3) is 0.733. The first-order valence-electron chi connectivity index (χ1n) is 7.68. The van der Waals surface area contributed by atoms with Crippen LogP contribution in [0.5, 0.6) is 0 Å². The van der Waals surface area contributed by atoms with Crippen molar-refractivity contribution in [3.63, 3.8) is 0 Å². The molecule has 1 unspecified atom stereocenters. The van der Waals surface area contributed by atoms with Gasteiger partial charge < -0.3 is 10.6 Å². The van der Waals surface area contributed by atoms with E-state index in [-0.39, 0.29) is 0 Å². The van der Waals surface area contributed by atoms with E-state index >= 15 is 0 Å². The predicted molar refractivity (Wildman–Crippen MR) is 84.8 cm³/mol. The number of hydrogen-bond acceptors (Lipinski definition) is 2. The molecule has 0 bridgehead atoms. The summed E-state index contributed by atoms with van der Waals surface area (Å²) < 4.78 is 1.80. The number of guanidine groups is 1. The third-order valence-corrected chi connectivity index (χ3v) is 3.15. The molecule has 0 spiro atoms. The lowest BCUT2D eigenvalue weighted by Gasteiger charge is -2.17. The first-order chi connectivity index (χ1) is 9.65. The van der Waals surface area contributed by atoms with Gasteiger partial charge in [0.15, 0.2) is 5.96 Å². The molecule has 114 valence electrons. The van der Waals surface area contributed by atoms with Crippen LogP contribution < -0.4 is 10.6 Å². The van der Waals surface area contributed by atoms with E-state index in [0.717, 1.165) is 18.1 Å². The summed E-state index contributed by atoms with van der Waals surface area (Å²) >= 11 is 0. The van der Waals surface area contributed by atoms with Crippen LogP contribution in [-0.2, 0) is 13.6 Å². The van der Waals surface area contributed by atoms with E-state index in [9.17, 15) is 0 Å². The van der Waals surface area contributed by atoms with Crippen molar-refractivity contribution in [2.45, 2.75) is 59.0 Å². The predicted octanol–water partition coefficient (Wildman–Crippen LogP) is 2.44. The third kappa shape index (κ3) is 6.59. The summed E-state index contributed by atoms with van der Waals surface area (Å²) in [5.41, 5.74) is 1.13. The zero-order valence-corrected chi connectivity index (χ0v) is 13.3. The first-order valence-corrected chi connectivity index (χ1v) is 7.68. The number of rotatable bonds is 8. The molecule has 0 aliphatic heterocycles. The summed E-state index contributed by atoms with van der Waals surface area (Å²) in [5, 5.41) is 10.9. The monoisotopic (exact) mass is 279 g/mol. The SMILES string of the molecule is CCCCCC(C)NC(=NCc1cnn(C)c1)NCC. The van der Waals surface area contributed by atoms with Gasteiger partial charge in [0.1, 0.15) is 0 Å². The van der Waals surface area contributed by atoms with Gasteiger partial charge in [-0.05, 0) is 20.3 Å². The molecule has 2 N–H and O–H groups in total. The van der Waals surface area contributed by atoms with Crippen molar-refractivity contribution in [2.75, 3.05) is 6.54 Å². The molecule has 0 aromatic carbocycles. The normalized spacial score (nSPS) is 13.3. The average molecular weight is 279 g/mol. The summed E-state index contributed by atoms with van der Waals surface area (Å²) in [6, 6.07) is 0.452. The number of unbranched alkanes of at least 4 members (excludes halogenated alkanes) is 2. The van der Waals surface area contributed by atoms with Crippen LogP contribution in [0.2, 0.25) is 0 Å². The van der Waals surface area contributed by atoms with Gasteiger partial charge in [-0.2, -0.15) is 5.10 Å². The second-order valence-electron chi connectivity index (χ2n) is 5.26. The molecule has 5 heteroatoms. The van der Waals surface area contributed by atoms with Gasteiger partial charge in [-0.15, -0.1) is 0 Å². The molecular formula is C15H29N5. The summed E-state index contributed by atoms with van der Waals surface area (Å²) in [4.78, 5) is 4.61. The van der Waals surface area contributed by atoms with E-state index in [1.54, 1.807) is 4.68 Å². The molecular weight excluding hydrogens is 250 g/mol. The number of nitrogens with one attached hydrogen (secondary N) is 2. The fourth-order valence-corrected chi connectivity index (χ4v) is 2.05. The van der Waals surface area contributed by atoms with Gasteiger partial charge >= 0.3 is 0 Å². The number of aromatic nitrogens is 2. The first kappa shape index (κ1) is 16.5. The molecule has 0 aliphatic rings. The van der Waals surface area contributed by atoms with Crippen molar-refractivity contribution in [1.29, 1.82) is 0 Å². The topological polar surface area (TPSA) is 54.2 Å². The standard InChI is InChI=1S/C15H29N5/c1-5-7-8-9-13(3)19-15(16-6-2)17-10-14-11-18-20(4)12-14/h11-13H,5-10H2,1-4H3,(H2,16,17,19). The van der Waals surface area contributed by atoms with Gasteiger partial charge in [-0.1, -0.05) is 26.2 Å². The Morgan fingerprint density at radius 1 is 1.40 bits per heavy atom. The maximum Gasteiger partial charge on any atom is 0.191 e. The van der Waals surface area contributed by atoms with Crippen LogP contribution in [-0.4, -0.2) is 28.3 Å². The fourth-order valence-electron chi connectivity index (χ4n) is 2.05. The molecule has 0 radical (unpaired) electrons. The van der Waals surface area contributed by atoms with Crippen LogP contribution in [0, 0.1) is 0 Å². The van der Waals surface area contributed by atoms with E-state index in [0.29, 0.717) is 12.6 Å². The van der Waals surface area contributed by atoms with Crippen LogP contribution in [0.1, 0.15) is 52.0 Å². The average Bonchev–Trinajstić information content (AvgIpc) is 2.82. The van der Waals surface area contributed by atoms with E-state index < -0.39 is 0 Å². The van der Waals surface area contributed by atoms with E-state index in [1.165, 1.54) is 25.7 Å². The van der Waals surface area contributed by atoms with Crippen molar-refractivity contribution < 1.29 is 0 Å². The maximum absolute atomic E-state index is 4.61. The smallest absolute Gasteiger partial charge is 0.191 e. The van der Waals surface area contributed by atoms with E-state index in [2.05, 4.69) is 41.5 Å². The lowest BCUT2D eigenvalue weighted by Crippen LogP contribution is -2.42. The Morgan fingerprint density at radius 3 is 2.80 bits per heavy atom. The van der Waals surface area contributed by atoms with Crippen molar-refractivity contribution in [3.05, 3.63) is 18.0 Å². The zero-order chi connectivity index (χ0) is 14.8. The van der Waals surface area contributed by atoms with E-state index in [1.807, 2.05) is 19.4 Å². The summed E-state index contributed by atoms with van der Waals surface area (Å²) in [5.74, 6) is 0.889. The molecule has 0 aliphatic carbocycles. The van der Waals surface area contributed by atoms with Gasteiger partial charge in [0.05, 0.1) is 12.7 Å². The third-order valence-electron chi connectivity index (χ3n) is 3.15. The Kier molecular flexibility index (Phi) is 7.77. The minimum absolute atomic E-state index is 0.452. The Hall–Kier alpha value is -1.52. The minimum atomic E-state index is 0.452. The summed E-state index contributed by atoms with van der Waals surface area (Å²) in [6.07, 6.45) is 8.88. The largest absolute Gasteiger partial charge is 0.357 e. The molecule has 20 heavy (non-hydrogen) atoms. The minimum Gasteiger partial charge on any atom is -0.357 e. The van der Waals surface area contributed by atoms with Crippen molar-refractivity contribution >= 4 is 5.96 Å². The molecule has 0 saturated heterocycles. The molecule has 1 aromatic rings. The van der Waals surface area contributed by atoms with Crippen LogP contribution in [0.3, 0.4) is 0 Å². The highest BCUT2D eigenvalue weighted by Gasteiger charge is 2.05. The number of aryl methyl sites for hydroxylation is 1. The van der Waals surface area contributed by atoms with Crippen LogP contribution in [0.25, 0.3) is 0 Å². The Morgan fingerprint density at radius 2 is 2.20 bits per heavy atom. The highest BCUT2D eigenvalue weighted by molar-refractivity contribution is 5.80. The molecule has 0 fully saturated rings. The molecule has 1 atom stereocenters. The van der Waals surface area contributed by atoms with Crippen molar-refractivity contribution in [1.82, 2.24) is 20.4 Å². The van der Waals surface area contributed by atoms with Crippen molar-refractivity contribution in [3.8, 4) is 0 Å². The second kappa shape index (κ2) is 9.39. The highest BCUT2D eigenvalue weighted by atomic mass is 15.2. The molecule has 1 rings (SSSR count). The molecule has 0 amide bonds.